The van der Waals surface area contributed by atoms with E-state index in [1.54, 1.807) is 23.3 Å². The Labute approximate surface area is 156 Å². The van der Waals surface area contributed by atoms with Crippen molar-refractivity contribution in [2.45, 2.75) is 13.0 Å². The molecule has 0 aliphatic heterocycles. The first-order chi connectivity index (χ1) is 13.3. The number of hydrogen-bond donors (Lipinski definition) is 1. The van der Waals surface area contributed by atoms with Crippen molar-refractivity contribution in [1.82, 2.24) is 25.0 Å². The van der Waals surface area contributed by atoms with Crippen molar-refractivity contribution in [3.8, 4) is 11.6 Å². The van der Waals surface area contributed by atoms with Crippen LogP contribution < -0.4 is 10.5 Å². The Morgan fingerprint density at radius 1 is 0.889 bits per heavy atom. The van der Waals surface area contributed by atoms with E-state index in [1.807, 2.05) is 42.5 Å². The number of nitrogen functional groups attached to an aromatic ring is 1. The van der Waals surface area contributed by atoms with E-state index in [1.165, 1.54) is 0 Å². The molecule has 0 unspecified atom stereocenters. The van der Waals surface area contributed by atoms with Crippen LogP contribution in [-0.4, -0.2) is 25.0 Å². The van der Waals surface area contributed by atoms with Gasteiger partial charge in [0.25, 0.3) is 0 Å². The first-order valence-corrected chi connectivity index (χ1v) is 8.52. The second kappa shape index (κ2) is 7.65. The maximum Gasteiger partial charge on any atom is 0.213 e. The second-order valence-electron chi connectivity index (χ2n) is 5.99. The van der Waals surface area contributed by atoms with Gasteiger partial charge in [-0.3, -0.25) is 0 Å². The molecule has 0 saturated heterocycles. The summed E-state index contributed by atoms with van der Waals surface area (Å²) in [6, 6.07) is 17.5. The summed E-state index contributed by atoms with van der Waals surface area (Å²) in [7, 11) is 0. The highest BCUT2D eigenvalue weighted by atomic mass is 16.5. The predicted octanol–water partition coefficient (Wildman–Crippen LogP) is 2.81. The fourth-order valence-corrected chi connectivity index (χ4v) is 2.72. The Kier molecular flexibility index (Phi) is 4.74. The number of rotatable bonds is 6. The van der Waals surface area contributed by atoms with E-state index in [0.717, 1.165) is 22.5 Å². The van der Waals surface area contributed by atoms with Gasteiger partial charge in [-0.05, 0) is 29.3 Å². The number of aromatic nitrogens is 5. The SMILES string of the molecule is Nc1ncccc1-n1nncc1Cc1ccc(COc2ccccn2)cc1. The monoisotopic (exact) mass is 358 g/mol. The van der Waals surface area contributed by atoms with E-state index in [9.17, 15) is 0 Å². The van der Waals surface area contributed by atoms with Crippen LogP contribution in [0.25, 0.3) is 5.69 Å². The van der Waals surface area contributed by atoms with Gasteiger partial charge < -0.3 is 10.5 Å². The van der Waals surface area contributed by atoms with Crippen LogP contribution in [0.5, 0.6) is 5.88 Å². The van der Waals surface area contributed by atoms with Gasteiger partial charge >= 0.3 is 0 Å². The minimum Gasteiger partial charge on any atom is -0.473 e. The van der Waals surface area contributed by atoms with Gasteiger partial charge in [-0.15, -0.1) is 5.10 Å². The quantitative estimate of drug-likeness (QED) is 0.570. The number of benzene rings is 1. The Bertz CT molecular complexity index is 1010. The highest BCUT2D eigenvalue weighted by molar-refractivity contribution is 5.51. The molecular weight excluding hydrogens is 340 g/mol. The molecule has 3 aromatic heterocycles. The van der Waals surface area contributed by atoms with Crippen LogP contribution in [0.2, 0.25) is 0 Å². The molecule has 0 atom stereocenters. The van der Waals surface area contributed by atoms with Crippen molar-refractivity contribution in [3.05, 3.63) is 90.0 Å². The lowest BCUT2D eigenvalue weighted by molar-refractivity contribution is 0.294. The van der Waals surface area contributed by atoms with Crippen molar-refractivity contribution < 1.29 is 4.74 Å². The van der Waals surface area contributed by atoms with Gasteiger partial charge in [-0.25, -0.2) is 14.6 Å². The van der Waals surface area contributed by atoms with Crippen LogP contribution in [0, 0.1) is 0 Å². The average molecular weight is 358 g/mol. The van der Waals surface area contributed by atoms with Crippen LogP contribution in [0.3, 0.4) is 0 Å². The number of nitrogens with zero attached hydrogens (tertiary/aromatic N) is 5. The molecule has 0 bridgehead atoms. The van der Waals surface area contributed by atoms with Gasteiger partial charge in [0, 0.05) is 24.9 Å². The van der Waals surface area contributed by atoms with E-state index in [4.69, 9.17) is 10.5 Å². The number of hydrogen-bond acceptors (Lipinski definition) is 6. The van der Waals surface area contributed by atoms with Crippen LogP contribution in [0.15, 0.2) is 73.2 Å². The van der Waals surface area contributed by atoms with E-state index in [0.29, 0.717) is 24.7 Å². The number of nitrogens with two attached hydrogens (primary N) is 1. The predicted molar refractivity (Wildman–Crippen MR) is 101 cm³/mol. The number of pyridine rings is 2. The van der Waals surface area contributed by atoms with Gasteiger partial charge in [-0.1, -0.05) is 35.5 Å². The lowest BCUT2D eigenvalue weighted by Gasteiger charge is -2.09. The fraction of sp³-hybridized carbons (Fsp3) is 0.100. The first-order valence-electron chi connectivity index (χ1n) is 8.52. The molecule has 0 fully saturated rings. The second-order valence-corrected chi connectivity index (χ2v) is 5.99. The van der Waals surface area contributed by atoms with Crippen molar-refractivity contribution >= 4 is 5.82 Å². The molecule has 1 aromatic carbocycles. The molecule has 134 valence electrons. The summed E-state index contributed by atoms with van der Waals surface area (Å²) >= 11 is 0. The van der Waals surface area contributed by atoms with E-state index < -0.39 is 0 Å². The minimum atomic E-state index is 0.422. The fourth-order valence-electron chi connectivity index (χ4n) is 2.72. The molecule has 0 spiro atoms. The van der Waals surface area contributed by atoms with Crippen molar-refractivity contribution in [2.75, 3.05) is 5.73 Å². The molecular formula is C20H18N6O. The van der Waals surface area contributed by atoms with Crippen LogP contribution >= 0.6 is 0 Å². The van der Waals surface area contributed by atoms with Crippen LogP contribution in [0.1, 0.15) is 16.8 Å². The highest BCUT2D eigenvalue weighted by Gasteiger charge is 2.10. The molecule has 27 heavy (non-hydrogen) atoms. The summed E-state index contributed by atoms with van der Waals surface area (Å²) in [6.45, 7) is 0.475. The molecule has 4 aromatic rings. The summed E-state index contributed by atoms with van der Waals surface area (Å²) < 4.78 is 7.39. The zero-order valence-electron chi connectivity index (χ0n) is 14.6. The Morgan fingerprint density at radius 3 is 2.48 bits per heavy atom. The van der Waals surface area contributed by atoms with Crippen LogP contribution in [-0.2, 0) is 13.0 Å². The molecule has 7 heteroatoms. The maximum atomic E-state index is 5.96. The third kappa shape index (κ3) is 3.92. The first kappa shape index (κ1) is 16.7. The lowest BCUT2D eigenvalue weighted by Crippen LogP contribution is -2.07. The van der Waals surface area contributed by atoms with Gasteiger partial charge in [0.2, 0.25) is 5.88 Å². The molecule has 4 rings (SSSR count). The van der Waals surface area contributed by atoms with E-state index >= 15 is 0 Å². The average Bonchev–Trinajstić information content (AvgIpc) is 3.16. The molecule has 0 aliphatic carbocycles. The summed E-state index contributed by atoms with van der Waals surface area (Å²) in [6.07, 6.45) is 5.79. The van der Waals surface area contributed by atoms with Crippen molar-refractivity contribution in [2.24, 2.45) is 0 Å². The van der Waals surface area contributed by atoms with Gasteiger partial charge in [0.05, 0.1) is 11.9 Å². The summed E-state index contributed by atoms with van der Waals surface area (Å²) in [4.78, 5) is 8.26. The molecule has 0 radical (unpaired) electrons. The normalized spacial score (nSPS) is 10.7. The Morgan fingerprint density at radius 2 is 1.70 bits per heavy atom. The van der Waals surface area contributed by atoms with Gasteiger partial charge in [-0.2, -0.15) is 0 Å². The zero-order valence-corrected chi connectivity index (χ0v) is 14.6. The standard InChI is InChI=1S/C20H18N6O/c21-20-18(4-3-11-23-20)26-17(13-24-25-26)12-15-6-8-16(9-7-15)14-27-19-5-1-2-10-22-19/h1-11,13H,12,14H2,(H2,21,23). The number of ether oxygens (including phenoxy) is 1. The smallest absolute Gasteiger partial charge is 0.213 e. The Balaban J connectivity index is 1.45. The molecule has 0 aliphatic rings. The van der Waals surface area contributed by atoms with Gasteiger partial charge in [0.1, 0.15) is 18.1 Å². The minimum absolute atomic E-state index is 0.422. The molecule has 2 N–H and O–H groups in total. The van der Waals surface area contributed by atoms with E-state index in [2.05, 4.69) is 32.4 Å². The summed E-state index contributed by atoms with van der Waals surface area (Å²) in [5, 5.41) is 8.16. The zero-order chi connectivity index (χ0) is 18.5. The molecule has 7 nitrogen and oxygen atoms in total. The van der Waals surface area contributed by atoms with Crippen molar-refractivity contribution in [1.29, 1.82) is 0 Å². The topological polar surface area (TPSA) is 91.7 Å². The van der Waals surface area contributed by atoms with Gasteiger partial charge in [0.15, 0.2) is 0 Å². The third-order valence-corrected chi connectivity index (χ3v) is 4.10. The summed E-state index contributed by atoms with van der Waals surface area (Å²) in [5.41, 5.74) is 9.84. The largest absolute Gasteiger partial charge is 0.473 e. The molecule has 0 amide bonds. The molecule has 3 heterocycles. The Hall–Kier alpha value is -3.74. The van der Waals surface area contributed by atoms with Crippen molar-refractivity contribution in [3.63, 3.8) is 0 Å². The maximum absolute atomic E-state index is 5.96. The highest BCUT2D eigenvalue weighted by Crippen LogP contribution is 2.18. The number of anilines is 1. The summed E-state index contributed by atoms with van der Waals surface area (Å²) in [5.74, 6) is 1.04. The van der Waals surface area contributed by atoms with Crippen LogP contribution in [0.4, 0.5) is 5.82 Å². The lowest BCUT2D eigenvalue weighted by atomic mass is 10.1. The van der Waals surface area contributed by atoms with E-state index in [-0.39, 0.29) is 0 Å². The third-order valence-electron chi connectivity index (χ3n) is 4.10. The molecule has 0 saturated carbocycles.